The molecule has 2 N–H and O–H groups in total. The lowest BCUT2D eigenvalue weighted by Crippen LogP contribution is -2.32. The van der Waals surface area contributed by atoms with Crippen molar-refractivity contribution in [2.24, 2.45) is 0 Å². The van der Waals surface area contributed by atoms with Gasteiger partial charge in [0.25, 0.3) is 0 Å². The van der Waals surface area contributed by atoms with Crippen molar-refractivity contribution in [2.45, 2.75) is 19.9 Å². The first-order valence-corrected chi connectivity index (χ1v) is 8.05. The average molecular weight is 349 g/mol. The van der Waals surface area contributed by atoms with E-state index in [1.54, 1.807) is 32.2 Å². The minimum absolute atomic E-state index is 0.190. The fraction of sp³-hybridized carbons (Fsp3) is 0.278. The first-order chi connectivity index (χ1) is 11.5. The maximum Gasteiger partial charge on any atom is 0.246 e. The van der Waals surface area contributed by atoms with E-state index in [2.05, 4.69) is 10.6 Å². The maximum atomic E-state index is 12.4. The van der Waals surface area contributed by atoms with Gasteiger partial charge in [-0.2, -0.15) is 0 Å². The highest BCUT2D eigenvalue weighted by Crippen LogP contribution is 2.28. The number of hydrogen-bond acceptors (Lipinski definition) is 4. The van der Waals surface area contributed by atoms with Crippen molar-refractivity contribution in [3.8, 4) is 11.5 Å². The molecule has 24 heavy (non-hydrogen) atoms. The van der Waals surface area contributed by atoms with Gasteiger partial charge in [-0.25, -0.2) is 0 Å². The SMILES string of the molecule is CCOc1ccc(N[C@@H](C)C(=O)Nc2cc(Cl)ccc2OC)cc1. The molecule has 0 saturated heterocycles. The number of carbonyl (C=O) groups excluding carboxylic acids is 1. The van der Waals surface area contributed by atoms with Crippen LogP contribution in [0.3, 0.4) is 0 Å². The van der Waals surface area contributed by atoms with Crippen LogP contribution in [-0.4, -0.2) is 25.7 Å². The van der Waals surface area contributed by atoms with Crippen molar-refractivity contribution < 1.29 is 14.3 Å². The second-order valence-electron chi connectivity index (χ2n) is 5.16. The number of methoxy groups -OCH3 is 1. The topological polar surface area (TPSA) is 59.6 Å². The summed E-state index contributed by atoms with van der Waals surface area (Å²) in [5.41, 5.74) is 1.37. The Hall–Kier alpha value is -2.40. The Bertz CT molecular complexity index is 689. The number of rotatable bonds is 7. The minimum Gasteiger partial charge on any atom is -0.495 e. The van der Waals surface area contributed by atoms with Gasteiger partial charge in [-0.15, -0.1) is 0 Å². The van der Waals surface area contributed by atoms with Gasteiger partial charge in [0.05, 0.1) is 19.4 Å². The summed E-state index contributed by atoms with van der Waals surface area (Å²) >= 11 is 5.97. The van der Waals surface area contributed by atoms with E-state index >= 15 is 0 Å². The minimum atomic E-state index is -0.438. The predicted molar refractivity (Wildman–Crippen MR) is 97.3 cm³/mol. The number of amides is 1. The molecule has 1 atom stereocenters. The Morgan fingerprint density at radius 2 is 1.92 bits per heavy atom. The number of ether oxygens (including phenoxy) is 2. The molecule has 0 aliphatic heterocycles. The third-order valence-electron chi connectivity index (χ3n) is 3.36. The Morgan fingerprint density at radius 3 is 2.54 bits per heavy atom. The van der Waals surface area contributed by atoms with E-state index in [9.17, 15) is 4.79 Å². The molecular weight excluding hydrogens is 328 g/mol. The molecule has 0 spiro atoms. The monoisotopic (exact) mass is 348 g/mol. The third kappa shape index (κ3) is 4.80. The van der Waals surface area contributed by atoms with Gasteiger partial charge in [0, 0.05) is 10.7 Å². The van der Waals surface area contributed by atoms with E-state index in [-0.39, 0.29) is 5.91 Å². The molecule has 5 nitrogen and oxygen atoms in total. The second-order valence-corrected chi connectivity index (χ2v) is 5.59. The van der Waals surface area contributed by atoms with Gasteiger partial charge >= 0.3 is 0 Å². The van der Waals surface area contributed by atoms with E-state index in [1.807, 2.05) is 31.2 Å². The van der Waals surface area contributed by atoms with Gasteiger partial charge in [-0.3, -0.25) is 4.79 Å². The predicted octanol–water partition coefficient (Wildman–Crippen LogP) is 4.19. The molecule has 2 aromatic carbocycles. The number of carbonyl (C=O) groups is 1. The zero-order valence-electron chi connectivity index (χ0n) is 13.9. The molecule has 0 saturated carbocycles. The number of benzene rings is 2. The summed E-state index contributed by atoms with van der Waals surface area (Å²) < 4.78 is 10.6. The fourth-order valence-corrected chi connectivity index (χ4v) is 2.32. The number of hydrogen-bond donors (Lipinski definition) is 2. The molecule has 0 fully saturated rings. The van der Waals surface area contributed by atoms with E-state index in [0.717, 1.165) is 11.4 Å². The summed E-state index contributed by atoms with van der Waals surface area (Å²) in [5.74, 6) is 1.16. The summed E-state index contributed by atoms with van der Waals surface area (Å²) in [6.45, 7) is 4.33. The molecule has 0 bridgehead atoms. The van der Waals surface area contributed by atoms with Crippen molar-refractivity contribution in [1.29, 1.82) is 0 Å². The molecule has 0 aliphatic rings. The van der Waals surface area contributed by atoms with Gasteiger partial charge in [-0.1, -0.05) is 11.6 Å². The van der Waals surface area contributed by atoms with Crippen molar-refractivity contribution in [3.05, 3.63) is 47.5 Å². The van der Waals surface area contributed by atoms with Crippen molar-refractivity contribution in [1.82, 2.24) is 0 Å². The van der Waals surface area contributed by atoms with Crippen LogP contribution in [0.2, 0.25) is 5.02 Å². The molecule has 0 aromatic heterocycles. The summed E-state index contributed by atoms with van der Waals surface area (Å²) in [5, 5.41) is 6.49. The molecule has 0 aliphatic carbocycles. The highest BCUT2D eigenvalue weighted by Gasteiger charge is 2.15. The first kappa shape index (κ1) is 17.9. The zero-order valence-corrected chi connectivity index (χ0v) is 14.7. The Labute approximate surface area is 146 Å². The maximum absolute atomic E-state index is 12.4. The van der Waals surface area contributed by atoms with Crippen LogP contribution in [0.25, 0.3) is 0 Å². The number of anilines is 2. The normalized spacial score (nSPS) is 11.5. The molecular formula is C18H21ClN2O3. The van der Waals surface area contributed by atoms with Crippen LogP contribution < -0.4 is 20.1 Å². The van der Waals surface area contributed by atoms with Crippen molar-refractivity contribution >= 4 is 28.9 Å². The standard InChI is InChI=1S/C18H21ClN2O3/c1-4-24-15-8-6-14(7-9-15)20-12(2)18(22)21-16-11-13(19)5-10-17(16)23-3/h5-12,20H,4H2,1-3H3,(H,21,22)/t12-/m0/s1. The van der Waals surface area contributed by atoms with Gasteiger partial charge in [0.15, 0.2) is 0 Å². The molecule has 2 aromatic rings. The Morgan fingerprint density at radius 1 is 1.21 bits per heavy atom. The lowest BCUT2D eigenvalue weighted by atomic mass is 10.2. The molecule has 0 unspecified atom stereocenters. The number of nitrogens with one attached hydrogen (secondary N) is 2. The highest BCUT2D eigenvalue weighted by molar-refractivity contribution is 6.31. The largest absolute Gasteiger partial charge is 0.495 e. The van der Waals surface area contributed by atoms with Crippen molar-refractivity contribution in [3.63, 3.8) is 0 Å². The van der Waals surface area contributed by atoms with Gasteiger partial charge < -0.3 is 20.1 Å². The highest BCUT2D eigenvalue weighted by atomic mass is 35.5. The quantitative estimate of drug-likeness (QED) is 0.787. The molecule has 0 radical (unpaired) electrons. The Balaban J connectivity index is 2.00. The van der Waals surface area contributed by atoms with Crippen LogP contribution in [0, 0.1) is 0 Å². The van der Waals surface area contributed by atoms with Crippen LogP contribution >= 0.6 is 11.6 Å². The molecule has 0 heterocycles. The van der Waals surface area contributed by atoms with Gasteiger partial charge in [0.2, 0.25) is 5.91 Å². The van der Waals surface area contributed by atoms with Crippen LogP contribution in [0.1, 0.15) is 13.8 Å². The Kier molecular flexibility index (Phi) is 6.32. The molecule has 6 heteroatoms. The summed E-state index contributed by atoms with van der Waals surface area (Å²) in [4.78, 5) is 12.4. The molecule has 1 amide bonds. The molecule has 2 rings (SSSR count). The summed E-state index contributed by atoms with van der Waals surface area (Å²) in [6.07, 6.45) is 0. The van der Waals surface area contributed by atoms with E-state index in [0.29, 0.717) is 23.1 Å². The lowest BCUT2D eigenvalue weighted by molar-refractivity contribution is -0.116. The third-order valence-corrected chi connectivity index (χ3v) is 3.60. The lowest BCUT2D eigenvalue weighted by Gasteiger charge is -2.17. The smallest absolute Gasteiger partial charge is 0.246 e. The van der Waals surface area contributed by atoms with Crippen LogP contribution in [0.5, 0.6) is 11.5 Å². The van der Waals surface area contributed by atoms with E-state index in [4.69, 9.17) is 21.1 Å². The van der Waals surface area contributed by atoms with Crippen LogP contribution in [-0.2, 0) is 4.79 Å². The second kappa shape index (κ2) is 8.45. The molecule has 128 valence electrons. The van der Waals surface area contributed by atoms with E-state index < -0.39 is 6.04 Å². The number of halogens is 1. The van der Waals surface area contributed by atoms with Gasteiger partial charge in [-0.05, 0) is 56.3 Å². The first-order valence-electron chi connectivity index (χ1n) is 7.67. The summed E-state index contributed by atoms with van der Waals surface area (Å²) in [7, 11) is 1.54. The summed E-state index contributed by atoms with van der Waals surface area (Å²) in [6, 6.07) is 12.1. The average Bonchev–Trinajstić information content (AvgIpc) is 2.57. The van der Waals surface area contributed by atoms with Crippen molar-refractivity contribution in [2.75, 3.05) is 24.4 Å². The zero-order chi connectivity index (χ0) is 17.5. The van der Waals surface area contributed by atoms with E-state index in [1.165, 1.54) is 0 Å². The fourth-order valence-electron chi connectivity index (χ4n) is 2.15. The van der Waals surface area contributed by atoms with Crippen LogP contribution in [0.4, 0.5) is 11.4 Å². The van der Waals surface area contributed by atoms with Crippen LogP contribution in [0.15, 0.2) is 42.5 Å². The van der Waals surface area contributed by atoms with Gasteiger partial charge in [0.1, 0.15) is 17.5 Å².